The second-order valence-electron chi connectivity index (χ2n) is 3.81. The molecule has 0 spiro atoms. The highest BCUT2D eigenvalue weighted by Crippen LogP contribution is 2.27. The van der Waals surface area contributed by atoms with Crippen molar-refractivity contribution in [3.63, 3.8) is 0 Å². The molecule has 0 aliphatic carbocycles. The van der Waals surface area contributed by atoms with Crippen LogP contribution in [0.1, 0.15) is 10.4 Å². The molecule has 6 nitrogen and oxygen atoms in total. The highest BCUT2D eigenvalue weighted by Gasteiger charge is 2.10. The van der Waals surface area contributed by atoms with Gasteiger partial charge in [-0.2, -0.15) is 0 Å². The molecule has 0 aliphatic rings. The van der Waals surface area contributed by atoms with Crippen LogP contribution in [0.4, 0.5) is 0 Å². The lowest BCUT2D eigenvalue weighted by Gasteiger charge is -2.05. The second-order valence-corrected chi connectivity index (χ2v) is 4.75. The summed E-state index contributed by atoms with van der Waals surface area (Å²) in [6.07, 6.45) is 1.43. The molecule has 1 N–H and O–H groups in total. The average molecular weight is 272 g/mol. The number of hydrogen-bond donors (Lipinski definition) is 1. The quantitative estimate of drug-likeness (QED) is 0.789. The number of carboxylic acids is 1. The molecule has 0 atom stereocenters. The molecule has 3 aromatic rings. The van der Waals surface area contributed by atoms with E-state index in [2.05, 4.69) is 15.5 Å². The highest BCUT2D eigenvalue weighted by atomic mass is 32.1. The summed E-state index contributed by atoms with van der Waals surface area (Å²) in [5, 5.41) is 22.0. The highest BCUT2D eigenvalue weighted by molar-refractivity contribution is 7.13. The third kappa shape index (κ3) is 2.23. The maximum Gasteiger partial charge on any atom is 0.335 e. The molecule has 0 bridgehead atoms. The smallest absolute Gasteiger partial charge is 0.335 e. The van der Waals surface area contributed by atoms with Gasteiger partial charge in [0.1, 0.15) is 6.33 Å². The van der Waals surface area contributed by atoms with Crippen molar-refractivity contribution in [2.24, 2.45) is 0 Å². The minimum Gasteiger partial charge on any atom is -0.478 e. The van der Waals surface area contributed by atoms with Crippen LogP contribution in [0.25, 0.3) is 16.1 Å². The summed E-state index contributed by atoms with van der Waals surface area (Å²) in [4.78, 5) is 12.2. The van der Waals surface area contributed by atoms with Gasteiger partial charge in [-0.05, 0) is 45.6 Å². The summed E-state index contributed by atoms with van der Waals surface area (Å²) >= 11 is 1.55. The zero-order valence-corrected chi connectivity index (χ0v) is 10.4. The zero-order chi connectivity index (χ0) is 13.2. The molecular formula is C12H8N4O2S. The Labute approximate surface area is 111 Å². The van der Waals surface area contributed by atoms with Gasteiger partial charge in [0, 0.05) is 4.88 Å². The Bertz CT molecular complexity index is 655. The number of carbonyl (C=O) groups is 1. The fourth-order valence-electron chi connectivity index (χ4n) is 1.73. The third-order valence-electron chi connectivity index (χ3n) is 2.58. The second kappa shape index (κ2) is 4.62. The fraction of sp³-hybridized carbons (Fsp3) is 0. The van der Waals surface area contributed by atoms with Crippen molar-refractivity contribution in [2.75, 3.05) is 0 Å². The first kappa shape index (κ1) is 11.5. The lowest BCUT2D eigenvalue weighted by molar-refractivity contribution is 0.0697. The van der Waals surface area contributed by atoms with E-state index in [9.17, 15) is 9.90 Å². The van der Waals surface area contributed by atoms with Crippen LogP contribution in [0.15, 0.2) is 42.0 Å². The SMILES string of the molecule is O=C(O)c1cc(-c2cccs2)cc(-n2cnnn2)c1. The Morgan fingerprint density at radius 2 is 2.21 bits per heavy atom. The Hall–Kier alpha value is -2.54. The normalized spacial score (nSPS) is 10.5. The Kier molecular flexibility index (Phi) is 2.81. The van der Waals surface area contributed by atoms with Gasteiger partial charge in [-0.3, -0.25) is 0 Å². The van der Waals surface area contributed by atoms with E-state index in [0.29, 0.717) is 5.69 Å². The van der Waals surface area contributed by atoms with Gasteiger partial charge in [0.15, 0.2) is 0 Å². The average Bonchev–Trinajstić information content (AvgIpc) is 3.11. The lowest BCUT2D eigenvalue weighted by atomic mass is 10.1. The van der Waals surface area contributed by atoms with Gasteiger partial charge in [0.25, 0.3) is 0 Å². The zero-order valence-electron chi connectivity index (χ0n) is 9.59. The van der Waals surface area contributed by atoms with Gasteiger partial charge in [-0.1, -0.05) is 6.07 Å². The summed E-state index contributed by atoms with van der Waals surface area (Å²) in [5.74, 6) is -0.979. The molecule has 0 saturated heterocycles. The number of aromatic carboxylic acids is 1. The first-order chi connectivity index (χ1) is 9.24. The predicted molar refractivity (Wildman–Crippen MR) is 69.4 cm³/mol. The van der Waals surface area contributed by atoms with Crippen LogP contribution in [-0.2, 0) is 0 Å². The van der Waals surface area contributed by atoms with Crippen molar-refractivity contribution in [1.29, 1.82) is 0 Å². The van der Waals surface area contributed by atoms with Crippen molar-refractivity contribution in [3.8, 4) is 16.1 Å². The molecule has 0 fully saturated rings. The number of benzene rings is 1. The van der Waals surface area contributed by atoms with Crippen LogP contribution in [-0.4, -0.2) is 31.3 Å². The summed E-state index contributed by atoms with van der Waals surface area (Å²) in [6, 6.07) is 8.89. The van der Waals surface area contributed by atoms with Crippen molar-refractivity contribution in [1.82, 2.24) is 20.2 Å². The van der Waals surface area contributed by atoms with Crippen LogP contribution in [0.5, 0.6) is 0 Å². The monoisotopic (exact) mass is 272 g/mol. The van der Waals surface area contributed by atoms with Crippen LogP contribution >= 0.6 is 11.3 Å². The number of carboxylic acid groups (broad SMARTS) is 1. The van der Waals surface area contributed by atoms with Crippen molar-refractivity contribution in [2.45, 2.75) is 0 Å². The molecule has 1 aromatic carbocycles. The molecular weight excluding hydrogens is 264 g/mol. The minimum atomic E-state index is -0.979. The molecule has 0 amide bonds. The van der Waals surface area contributed by atoms with E-state index in [1.165, 1.54) is 17.1 Å². The van der Waals surface area contributed by atoms with E-state index < -0.39 is 5.97 Å². The molecule has 19 heavy (non-hydrogen) atoms. The van der Waals surface area contributed by atoms with Crippen LogP contribution < -0.4 is 0 Å². The van der Waals surface area contributed by atoms with Crippen molar-refractivity contribution < 1.29 is 9.90 Å². The van der Waals surface area contributed by atoms with Gasteiger partial charge in [0.05, 0.1) is 11.3 Å². The number of aromatic nitrogens is 4. The standard InChI is InChI=1S/C12H8N4O2S/c17-12(18)9-4-8(11-2-1-3-19-11)5-10(6-9)16-7-13-14-15-16/h1-7H,(H,17,18). The molecule has 2 heterocycles. The number of rotatable bonds is 3. The van der Waals surface area contributed by atoms with E-state index >= 15 is 0 Å². The van der Waals surface area contributed by atoms with E-state index in [0.717, 1.165) is 10.4 Å². The molecule has 7 heteroatoms. The van der Waals surface area contributed by atoms with Crippen LogP contribution in [0, 0.1) is 0 Å². The summed E-state index contributed by atoms with van der Waals surface area (Å²) in [6.45, 7) is 0. The maximum atomic E-state index is 11.2. The largest absolute Gasteiger partial charge is 0.478 e. The molecule has 0 aliphatic heterocycles. The van der Waals surface area contributed by atoms with Gasteiger partial charge in [-0.25, -0.2) is 9.48 Å². The van der Waals surface area contributed by atoms with E-state index in [-0.39, 0.29) is 5.56 Å². The van der Waals surface area contributed by atoms with Gasteiger partial charge in [0.2, 0.25) is 0 Å². The van der Waals surface area contributed by atoms with Crippen LogP contribution in [0.3, 0.4) is 0 Å². The van der Waals surface area contributed by atoms with E-state index in [1.54, 1.807) is 17.4 Å². The molecule has 0 unspecified atom stereocenters. The third-order valence-corrected chi connectivity index (χ3v) is 3.50. The molecule has 94 valence electrons. The first-order valence-electron chi connectivity index (χ1n) is 5.39. The molecule has 3 rings (SSSR count). The van der Waals surface area contributed by atoms with Crippen LogP contribution in [0.2, 0.25) is 0 Å². The Morgan fingerprint density at radius 1 is 1.32 bits per heavy atom. The lowest BCUT2D eigenvalue weighted by Crippen LogP contribution is -2.01. The Morgan fingerprint density at radius 3 is 2.84 bits per heavy atom. The number of nitrogens with zero attached hydrogens (tertiary/aromatic N) is 4. The topological polar surface area (TPSA) is 80.9 Å². The summed E-state index contributed by atoms with van der Waals surface area (Å²) < 4.78 is 1.43. The number of hydrogen-bond acceptors (Lipinski definition) is 5. The molecule has 0 saturated carbocycles. The van der Waals surface area contributed by atoms with E-state index in [4.69, 9.17) is 0 Å². The maximum absolute atomic E-state index is 11.2. The van der Waals surface area contributed by atoms with Gasteiger partial charge < -0.3 is 5.11 Å². The first-order valence-corrected chi connectivity index (χ1v) is 6.27. The van der Waals surface area contributed by atoms with Crippen molar-refractivity contribution >= 4 is 17.3 Å². The van der Waals surface area contributed by atoms with Crippen molar-refractivity contribution in [3.05, 3.63) is 47.6 Å². The number of thiophene rings is 1. The van der Waals surface area contributed by atoms with E-state index in [1.807, 2.05) is 23.6 Å². The summed E-state index contributed by atoms with van der Waals surface area (Å²) in [5.41, 5.74) is 1.66. The molecule has 0 radical (unpaired) electrons. The van der Waals surface area contributed by atoms with Gasteiger partial charge in [-0.15, -0.1) is 16.4 Å². The molecule has 2 aromatic heterocycles. The minimum absolute atomic E-state index is 0.205. The summed E-state index contributed by atoms with van der Waals surface area (Å²) in [7, 11) is 0. The number of tetrazole rings is 1. The Balaban J connectivity index is 2.18. The predicted octanol–water partition coefficient (Wildman–Crippen LogP) is 2.09. The van der Waals surface area contributed by atoms with Gasteiger partial charge >= 0.3 is 5.97 Å². The fourth-order valence-corrected chi connectivity index (χ4v) is 2.45.